The van der Waals surface area contributed by atoms with E-state index < -0.39 is 0 Å². The topological polar surface area (TPSA) is 29.5 Å². The van der Waals surface area contributed by atoms with Crippen molar-refractivity contribution in [3.05, 3.63) is 28.8 Å². The first kappa shape index (κ1) is 16.3. The lowest BCUT2D eigenvalue weighted by Crippen LogP contribution is -2.38. The van der Waals surface area contributed by atoms with Crippen LogP contribution < -0.4 is 4.74 Å². The Bertz CT molecular complexity index is 437. The molecule has 0 spiro atoms. The van der Waals surface area contributed by atoms with Crippen LogP contribution in [0, 0.1) is 0 Å². The maximum absolute atomic E-state index is 12.6. The number of benzene rings is 1. The number of alkyl halides is 1. The summed E-state index contributed by atoms with van der Waals surface area (Å²) in [6, 6.07) is 5.23. The molecule has 0 N–H and O–H groups in total. The van der Waals surface area contributed by atoms with Crippen molar-refractivity contribution >= 4 is 33.4 Å². The minimum atomic E-state index is -0.0460. The van der Waals surface area contributed by atoms with E-state index in [9.17, 15) is 4.79 Å². The molecule has 0 aliphatic rings. The molecule has 0 aliphatic carbocycles. The van der Waals surface area contributed by atoms with Crippen LogP contribution in [0.1, 0.15) is 30.6 Å². The van der Waals surface area contributed by atoms with Crippen LogP contribution in [0.25, 0.3) is 0 Å². The molecular formula is C14H19BrClNO2. The zero-order valence-corrected chi connectivity index (χ0v) is 13.8. The van der Waals surface area contributed by atoms with E-state index in [0.717, 1.165) is 11.8 Å². The average molecular weight is 349 g/mol. The lowest BCUT2D eigenvalue weighted by atomic mass is 10.1. The summed E-state index contributed by atoms with van der Waals surface area (Å²) in [7, 11) is 1.55. The Morgan fingerprint density at radius 1 is 1.47 bits per heavy atom. The minimum absolute atomic E-state index is 0.0460. The van der Waals surface area contributed by atoms with Crippen LogP contribution in [-0.2, 0) is 0 Å². The number of carbonyl (C=O) groups is 1. The number of methoxy groups -OCH3 is 1. The largest absolute Gasteiger partial charge is 0.496 e. The van der Waals surface area contributed by atoms with E-state index in [4.69, 9.17) is 16.3 Å². The van der Waals surface area contributed by atoms with Crippen molar-refractivity contribution in [1.82, 2.24) is 4.90 Å². The van der Waals surface area contributed by atoms with Gasteiger partial charge in [0.15, 0.2) is 0 Å². The number of carbonyl (C=O) groups excluding carboxylic acids is 1. The first-order valence-electron chi connectivity index (χ1n) is 6.21. The van der Waals surface area contributed by atoms with Gasteiger partial charge in [-0.3, -0.25) is 4.79 Å². The van der Waals surface area contributed by atoms with Gasteiger partial charge in [-0.05, 0) is 38.5 Å². The van der Waals surface area contributed by atoms with Crippen LogP contribution in [0.15, 0.2) is 18.2 Å². The molecule has 1 aromatic carbocycles. The molecule has 0 bridgehead atoms. The fourth-order valence-corrected chi connectivity index (χ4v) is 2.25. The highest BCUT2D eigenvalue weighted by molar-refractivity contribution is 9.09. The zero-order valence-electron chi connectivity index (χ0n) is 11.5. The van der Waals surface area contributed by atoms with Gasteiger partial charge in [0.25, 0.3) is 5.91 Å². The molecule has 0 atom stereocenters. The third-order valence-corrected chi connectivity index (χ3v) is 3.60. The fourth-order valence-electron chi connectivity index (χ4n) is 1.83. The Morgan fingerprint density at radius 2 is 2.16 bits per heavy atom. The third kappa shape index (κ3) is 4.39. The Balaban J connectivity index is 3.04. The second-order valence-corrected chi connectivity index (χ2v) is 5.71. The summed E-state index contributed by atoms with van der Waals surface area (Å²) in [6.45, 7) is 4.71. The van der Waals surface area contributed by atoms with Crippen molar-refractivity contribution < 1.29 is 9.53 Å². The highest BCUT2D eigenvalue weighted by Crippen LogP contribution is 2.24. The number of nitrogens with zero attached hydrogens (tertiary/aromatic N) is 1. The first-order valence-corrected chi connectivity index (χ1v) is 7.71. The summed E-state index contributed by atoms with van der Waals surface area (Å²) >= 11 is 9.36. The van der Waals surface area contributed by atoms with Crippen LogP contribution in [-0.4, -0.2) is 35.8 Å². The van der Waals surface area contributed by atoms with Crippen molar-refractivity contribution in [2.24, 2.45) is 0 Å². The van der Waals surface area contributed by atoms with Gasteiger partial charge in [-0.25, -0.2) is 0 Å². The maximum Gasteiger partial charge on any atom is 0.257 e. The van der Waals surface area contributed by atoms with Gasteiger partial charge in [0, 0.05) is 22.9 Å². The molecule has 3 nitrogen and oxygen atoms in total. The Kier molecular flexibility index (Phi) is 6.66. The van der Waals surface area contributed by atoms with Gasteiger partial charge in [0.2, 0.25) is 0 Å². The molecule has 1 aromatic rings. The molecular weight excluding hydrogens is 330 g/mol. The molecule has 19 heavy (non-hydrogen) atoms. The standard InChI is InChI=1S/C14H19BrClNO2/c1-10(2)17(8-4-7-15)14(18)12-9-11(16)5-6-13(12)19-3/h5-6,9-10H,4,7-8H2,1-3H3. The number of hydrogen-bond acceptors (Lipinski definition) is 2. The predicted molar refractivity (Wildman–Crippen MR) is 82.6 cm³/mol. The average Bonchev–Trinajstić information content (AvgIpc) is 2.38. The van der Waals surface area contributed by atoms with Crippen LogP contribution >= 0.6 is 27.5 Å². The van der Waals surface area contributed by atoms with Gasteiger partial charge < -0.3 is 9.64 Å². The summed E-state index contributed by atoms with van der Waals surface area (Å²) < 4.78 is 5.24. The van der Waals surface area contributed by atoms with Gasteiger partial charge >= 0.3 is 0 Å². The number of rotatable bonds is 6. The molecule has 1 rings (SSSR count). The maximum atomic E-state index is 12.6. The van der Waals surface area contributed by atoms with E-state index in [0.29, 0.717) is 22.9 Å². The quantitative estimate of drug-likeness (QED) is 0.728. The van der Waals surface area contributed by atoms with Gasteiger partial charge in [0.05, 0.1) is 12.7 Å². The van der Waals surface area contributed by atoms with E-state index in [2.05, 4.69) is 15.9 Å². The molecule has 0 saturated carbocycles. The van der Waals surface area contributed by atoms with E-state index in [1.54, 1.807) is 25.3 Å². The number of ether oxygens (including phenoxy) is 1. The van der Waals surface area contributed by atoms with Crippen molar-refractivity contribution in [1.29, 1.82) is 0 Å². The van der Waals surface area contributed by atoms with Crippen LogP contribution in [0.3, 0.4) is 0 Å². The third-order valence-electron chi connectivity index (χ3n) is 2.81. The lowest BCUT2D eigenvalue weighted by molar-refractivity contribution is 0.0703. The molecule has 106 valence electrons. The Morgan fingerprint density at radius 3 is 2.68 bits per heavy atom. The predicted octanol–water partition coefficient (Wildman–Crippen LogP) is 3.98. The zero-order chi connectivity index (χ0) is 14.4. The second-order valence-electron chi connectivity index (χ2n) is 4.48. The molecule has 0 radical (unpaired) electrons. The van der Waals surface area contributed by atoms with Gasteiger partial charge in [-0.1, -0.05) is 27.5 Å². The summed E-state index contributed by atoms with van der Waals surface area (Å²) in [5.41, 5.74) is 0.512. The smallest absolute Gasteiger partial charge is 0.257 e. The van der Waals surface area contributed by atoms with E-state index >= 15 is 0 Å². The minimum Gasteiger partial charge on any atom is -0.496 e. The lowest BCUT2D eigenvalue weighted by Gasteiger charge is -2.27. The number of halogens is 2. The summed E-state index contributed by atoms with van der Waals surface area (Å²) in [5.74, 6) is 0.509. The Labute approximate surface area is 128 Å². The van der Waals surface area contributed by atoms with Gasteiger partial charge in [-0.2, -0.15) is 0 Å². The molecule has 0 heterocycles. The molecule has 0 fully saturated rings. The molecule has 0 aliphatic heterocycles. The van der Waals surface area contributed by atoms with Crippen molar-refractivity contribution in [3.63, 3.8) is 0 Å². The highest BCUT2D eigenvalue weighted by atomic mass is 79.9. The second kappa shape index (κ2) is 7.75. The molecule has 0 unspecified atom stereocenters. The SMILES string of the molecule is COc1ccc(Cl)cc1C(=O)N(CCCBr)C(C)C. The number of amides is 1. The van der Waals surface area contributed by atoms with Crippen LogP contribution in [0.4, 0.5) is 0 Å². The van der Waals surface area contributed by atoms with Crippen LogP contribution in [0.2, 0.25) is 5.02 Å². The normalized spacial score (nSPS) is 10.6. The fraction of sp³-hybridized carbons (Fsp3) is 0.500. The highest BCUT2D eigenvalue weighted by Gasteiger charge is 2.21. The summed E-state index contributed by atoms with van der Waals surface area (Å²) in [5, 5.41) is 1.41. The van der Waals surface area contributed by atoms with E-state index in [1.165, 1.54) is 0 Å². The van der Waals surface area contributed by atoms with Gasteiger partial charge in [0.1, 0.15) is 5.75 Å². The van der Waals surface area contributed by atoms with Crippen molar-refractivity contribution in [2.75, 3.05) is 19.0 Å². The van der Waals surface area contributed by atoms with Crippen molar-refractivity contribution in [3.8, 4) is 5.75 Å². The van der Waals surface area contributed by atoms with E-state index in [-0.39, 0.29) is 11.9 Å². The van der Waals surface area contributed by atoms with Crippen LogP contribution in [0.5, 0.6) is 5.75 Å². The monoisotopic (exact) mass is 347 g/mol. The molecule has 0 saturated heterocycles. The van der Waals surface area contributed by atoms with Crippen molar-refractivity contribution in [2.45, 2.75) is 26.3 Å². The summed E-state index contributed by atoms with van der Waals surface area (Å²) in [6.07, 6.45) is 0.910. The summed E-state index contributed by atoms with van der Waals surface area (Å²) in [4.78, 5) is 14.4. The molecule has 5 heteroatoms. The molecule has 1 amide bonds. The van der Waals surface area contributed by atoms with Gasteiger partial charge in [-0.15, -0.1) is 0 Å². The number of hydrogen-bond donors (Lipinski definition) is 0. The first-order chi connectivity index (χ1) is 9.01. The Hall–Kier alpha value is -0.740. The molecule has 0 aromatic heterocycles. The van der Waals surface area contributed by atoms with E-state index in [1.807, 2.05) is 18.7 Å².